The van der Waals surface area contributed by atoms with Crippen LogP contribution < -0.4 is 32.6 Å². The van der Waals surface area contributed by atoms with Crippen LogP contribution in [0.1, 0.15) is 5.56 Å². The van der Waals surface area contributed by atoms with Gasteiger partial charge in [0.25, 0.3) is 5.56 Å². The van der Waals surface area contributed by atoms with E-state index in [1.54, 1.807) is 9.69 Å². The summed E-state index contributed by atoms with van der Waals surface area (Å²) in [6.07, 6.45) is 4.05. The van der Waals surface area contributed by atoms with Crippen LogP contribution >= 0.6 is 0 Å². The van der Waals surface area contributed by atoms with Crippen molar-refractivity contribution in [3.8, 4) is 0 Å². The van der Waals surface area contributed by atoms with Crippen LogP contribution in [0.25, 0.3) is 11.2 Å². The lowest BCUT2D eigenvalue weighted by atomic mass is 10.3. The minimum Gasteiger partial charge on any atom is -0.382 e. The number of aromatic nitrogens is 6. The molecule has 0 atom stereocenters. The van der Waals surface area contributed by atoms with Gasteiger partial charge in [-0.1, -0.05) is 0 Å². The Hall–Kier alpha value is -4.76. The molecule has 4 rings (SSSR count). The van der Waals surface area contributed by atoms with E-state index in [1.807, 2.05) is 0 Å². The monoisotopic (exact) mass is 499 g/mol. The number of hydrogen-bond donors (Lipinski definition) is 4. The van der Waals surface area contributed by atoms with E-state index in [-0.39, 0.29) is 63.1 Å². The van der Waals surface area contributed by atoms with Crippen molar-refractivity contribution < 1.29 is 14.4 Å². The molecule has 190 valence electrons. The molecular weight excluding hydrogens is 474 g/mol. The Labute approximate surface area is 203 Å². The molecule has 0 bridgehead atoms. The molecule has 0 aliphatic carbocycles. The zero-order valence-electron chi connectivity index (χ0n) is 19.4. The van der Waals surface area contributed by atoms with Gasteiger partial charge in [0.2, 0.25) is 17.7 Å². The summed E-state index contributed by atoms with van der Waals surface area (Å²) in [7, 11) is 0. The SMILES string of the molecule is Cc1cn(CC(=O)N2CCNC(=O)CN(n3cnc4c(N)ncnc43)CCNC(=O)C2)c(=O)[nH]c1=O. The van der Waals surface area contributed by atoms with Gasteiger partial charge in [0.05, 0.1) is 13.1 Å². The van der Waals surface area contributed by atoms with Crippen molar-refractivity contribution in [2.45, 2.75) is 13.5 Å². The van der Waals surface area contributed by atoms with Gasteiger partial charge in [0, 0.05) is 31.4 Å². The number of amides is 3. The number of aryl methyl sites for hydroxylation is 1. The van der Waals surface area contributed by atoms with Crippen molar-refractivity contribution in [2.75, 3.05) is 50.0 Å². The Morgan fingerprint density at radius 2 is 1.75 bits per heavy atom. The molecular formula is C20H25N11O5. The van der Waals surface area contributed by atoms with Gasteiger partial charge in [0.1, 0.15) is 25.7 Å². The molecule has 5 N–H and O–H groups in total. The van der Waals surface area contributed by atoms with E-state index in [0.717, 1.165) is 4.57 Å². The normalized spacial score (nSPS) is 15.7. The molecule has 16 heteroatoms. The molecule has 3 amide bonds. The predicted octanol–water partition coefficient (Wildman–Crippen LogP) is -3.72. The molecule has 36 heavy (non-hydrogen) atoms. The summed E-state index contributed by atoms with van der Waals surface area (Å²) >= 11 is 0. The Kier molecular flexibility index (Phi) is 6.93. The molecule has 0 spiro atoms. The van der Waals surface area contributed by atoms with E-state index < -0.39 is 23.1 Å². The first-order chi connectivity index (χ1) is 17.2. The Balaban J connectivity index is 1.47. The van der Waals surface area contributed by atoms with Gasteiger partial charge in [-0.2, -0.15) is 0 Å². The quantitative estimate of drug-likeness (QED) is 0.277. The maximum absolute atomic E-state index is 12.9. The molecule has 1 aliphatic rings. The fourth-order valence-corrected chi connectivity index (χ4v) is 3.69. The molecule has 3 aromatic heterocycles. The Morgan fingerprint density at radius 3 is 2.53 bits per heavy atom. The van der Waals surface area contributed by atoms with Gasteiger partial charge in [0.15, 0.2) is 17.0 Å². The van der Waals surface area contributed by atoms with Gasteiger partial charge < -0.3 is 21.3 Å². The molecule has 4 heterocycles. The summed E-state index contributed by atoms with van der Waals surface area (Å²) in [5, 5.41) is 7.11. The molecule has 16 nitrogen and oxygen atoms in total. The van der Waals surface area contributed by atoms with Crippen LogP contribution in [0.2, 0.25) is 0 Å². The number of nitrogen functional groups attached to an aromatic ring is 1. The van der Waals surface area contributed by atoms with Crippen molar-refractivity contribution >= 4 is 34.7 Å². The summed E-state index contributed by atoms with van der Waals surface area (Å²) in [6.45, 7) is 1.29. The Bertz CT molecular complexity index is 1430. The van der Waals surface area contributed by atoms with Crippen LogP contribution in [0.4, 0.5) is 5.82 Å². The average molecular weight is 499 g/mol. The number of anilines is 1. The van der Waals surface area contributed by atoms with E-state index in [0.29, 0.717) is 11.2 Å². The largest absolute Gasteiger partial charge is 0.382 e. The third kappa shape index (κ3) is 5.31. The molecule has 0 aromatic carbocycles. The lowest BCUT2D eigenvalue weighted by Gasteiger charge is -2.28. The van der Waals surface area contributed by atoms with Crippen molar-refractivity contribution in [1.29, 1.82) is 0 Å². The molecule has 0 unspecified atom stereocenters. The number of hydrogen-bond acceptors (Lipinski definition) is 10. The zero-order chi connectivity index (χ0) is 25.8. The van der Waals surface area contributed by atoms with E-state index >= 15 is 0 Å². The third-order valence-electron chi connectivity index (χ3n) is 5.55. The summed E-state index contributed by atoms with van der Waals surface area (Å²) in [5.41, 5.74) is 5.65. The summed E-state index contributed by atoms with van der Waals surface area (Å²) in [5.74, 6) is -1.06. The second kappa shape index (κ2) is 10.2. The number of nitrogens with zero attached hydrogens (tertiary/aromatic N) is 7. The maximum atomic E-state index is 12.9. The van der Waals surface area contributed by atoms with E-state index in [4.69, 9.17) is 5.73 Å². The maximum Gasteiger partial charge on any atom is 0.328 e. The van der Waals surface area contributed by atoms with Gasteiger partial charge in [-0.25, -0.2) is 24.4 Å². The lowest BCUT2D eigenvalue weighted by molar-refractivity contribution is -0.136. The number of carbonyl (C=O) groups is 3. The minimum atomic E-state index is -0.731. The lowest BCUT2D eigenvalue weighted by Crippen LogP contribution is -2.51. The van der Waals surface area contributed by atoms with Crippen molar-refractivity contribution in [2.24, 2.45) is 0 Å². The Morgan fingerprint density at radius 1 is 1.03 bits per heavy atom. The van der Waals surface area contributed by atoms with Crippen molar-refractivity contribution in [1.82, 2.24) is 44.7 Å². The predicted molar refractivity (Wildman–Crippen MR) is 126 cm³/mol. The van der Waals surface area contributed by atoms with E-state index in [9.17, 15) is 24.0 Å². The topological polar surface area (TPSA) is 206 Å². The van der Waals surface area contributed by atoms with Crippen LogP contribution in [0.5, 0.6) is 0 Å². The second-order valence-electron chi connectivity index (χ2n) is 8.12. The summed E-state index contributed by atoms with van der Waals surface area (Å²) in [6, 6.07) is 0. The fourth-order valence-electron chi connectivity index (χ4n) is 3.69. The smallest absolute Gasteiger partial charge is 0.328 e. The number of rotatable bonds is 3. The van der Waals surface area contributed by atoms with Crippen LogP contribution in [0, 0.1) is 6.92 Å². The fraction of sp³-hybridized carbons (Fsp3) is 0.400. The highest BCUT2D eigenvalue weighted by Gasteiger charge is 2.21. The number of aromatic amines is 1. The van der Waals surface area contributed by atoms with E-state index in [2.05, 4.69) is 30.6 Å². The molecule has 3 aromatic rings. The first-order valence-electron chi connectivity index (χ1n) is 11.0. The van der Waals surface area contributed by atoms with Crippen molar-refractivity contribution in [3.05, 3.63) is 45.3 Å². The van der Waals surface area contributed by atoms with Crippen LogP contribution in [0.15, 0.2) is 28.4 Å². The van der Waals surface area contributed by atoms with Gasteiger partial charge in [-0.05, 0) is 6.92 Å². The standard InChI is InChI=1S/C20H25N11O5/c1-12-6-29(20(36)27-19(12)35)9-15(34)28-4-2-22-14(33)8-30(5-3-23-13(32)7-28)31-11-26-16-17(21)24-10-25-18(16)31/h6,10-11H,2-5,7-9H2,1H3,(H,22,33)(H,23,32)(H2,21,24,25)(H,27,35,36). The summed E-state index contributed by atoms with van der Waals surface area (Å²) < 4.78 is 2.64. The van der Waals surface area contributed by atoms with Gasteiger partial charge >= 0.3 is 5.69 Å². The van der Waals surface area contributed by atoms with E-state index in [1.165, 1.54) is 30.7 Å². The minimum absolute atomic E-state index is 0.0346. The number of H-pyrrole nitrogens is 1. The zero-order valence-corrected chi connectivity index (χ0v) is 19.4. The highest BCUT2D eigenvalue weighted by Crippen LogP contribution is 2.14. The number of nitrogens with one attached hydrogen (secondary N) is 3. The first-order valence-corrected chi connectivity index (χ1v) is 11.0. The molecule has 1 fully saturated rings. The molecule has 0 saturated carbocycles. The van der Waals surface area contributed by atoms with Gasteiger partial charge in [-0.3, -0.25) is 33.7 Å². The highest BCUT2D eigenvalue weighted by molar-refractivity contribution is 5.85. The second-order valence-corrected chi connectivity index (χ2v) is 8.12. The van der Waals surface area contributed by atoms with Gasteiger partial charge in [-0.15, -0.1) is 0 Å². The number of nitrogens with two attached hydrogens (primary N) is 1. The van der Waals surface area contributed by atoms with Crippen LogP contribution in [-0.4, -0.2) is 91.1 Å². The van der Waals surface area contributed by atoms with Crippen molar-refractivity contribution in [3.63, 3.8) is 0 Å². The summed E-state index contributed by atoms with van der Waals surface area (Å²) in [4.78, 5) is 77.3. The molecule has 0 radical (unpaired) electrons. The first kappa shape index (κ1) is 24.4. The van der Waals surface area contributed by atoms with Crippen LogP contribution in [0.3, 0.4) is 0 Å². The molecule has 1 aliphatic heterocycles. The van der Waals surface area contributed by atoms with Crippen LogP contribution in [-0.2, 0) is 20.9 Å². The number of fused-ring (bicyclic) bond motifs is 1. The number of carbonyl (C=O) groups excluding carboxylic acids is 3. The third-order valence-corrected chi connectivity index (χ3v) is 5.55. The highest BCUT2D eigenvalue weighted by atomic mass is 16.2. The number of imidazole rings is 1. The molecule has 1 saturated heterocycles. The average Bonchev–Trinajstić information content (AvgIpc) is 3.26.